The molecule has 0 unspecified atom stereocenters. The van der Waals surface area contributed by atoms with E-state index in [9.17, 15) is 24.6 Å². The van der Waals surface area contributed by atoms with E-state index in [1.54, 1.807) is 42.5 Å². The lowest BCUT2D eigenvalue weighted by Crippen LogP contribution is -2.58. The van der Waals surface area contributed by atoms with E-state index in [4.69, 9.17) is 0 Å². The number of Topliss-reactive ketones (excluding diaryl/α,β-unsaturated/α-hetero) is 1. The molecule has 250 valence electrons. The number of nitrogens with zero attached hydrogens (tertiary/aromatic N) is 1. The third-order valence-corrected chi connectivity index (χ3v) is 11.8. The summed E-state index contributed by atoms with van der Waals surface area (Å²) in [5.74, 6) is -4.27. The van der Waals surface area contributed by atoms with Crippen molar-refractivity contribution in [2.75, 3.05) is 6.54 Å². The first kappa shape index (κ1) is 32.1. The molecule has 2 N–H and O–H groups in total. The van der Waals surface area contributed by atoms with Gasteiger partial charge < -0.3 is 10.2 Å². The molecule has 0 aromatic heterocycles. The number of carbonyl (C=O) groups excluding carboxylic acids is 4. The first-order valence-corrected chi connectivity index (χ1v) is 17.7. The number of allylic oxidation sites excluding steroid dienone is 4. The van der Waals surface area contributed by atoms with E-state index in [-0.39, 0.29) is 47.8 Å². The van der Waals surface area contributed by atoms with E-state index in [0.29, 0.717) is 39.6 Å². The van der Waals surface area contributed by atoms with Crippen molar-refractivity contribution in [3.8, 4) is 11.5 Å². The number of phenolic OH excluding ortho intramolecular Hbond substituents is 2. The largest absolute Gasteiger partial charge is 0.508 e. The molecule has 3 aliphatic carbocycles. The van der Waals surface area contributed by atoms with Gasteiger partial charge in [-0.1, -0.05) is 100 Å². The third kappa shape index (κ3) is 4.91. The molecule has 8 heteroatoms. The lowest BCUT2D eigenvalue weighted by atomic mass is 9.44. The van der Waals surface area contributed by atoms with E-state index in [1.165, 1.54) is 11.0 Å². The second kappa shape index (κ2) is 12.4. The summed E-state index contributed by atoms with van der Waals surface area (Å²) in [7, 11) is 0. The average molecular weight is 729 g/mol. The number of rotatable bonds is 6. The van der Waals surface area contributed by atoms with Crippen molar-refractivity contribution in [2.24, 2.45) is 23.7 Å². The molecule has 0 bridgehead atoms. The van der Waals surface area contributed by atoms with Crippen molar-refractivity contribution in [1.29, 1.82) is 0 Å². The Morgan fingerprint density at radius 3 is 2.22 bits per heavy atom. The van der Waals surface area contributed by atoms with Gasteiger partial charge in [0.05, 0.1) is 17.3 Å². The van der Waals surface area contributed by atoms with Crippen LogP contribution in [0.3, 0.4) is 0 Å². The molecule has 2 fully saturated rings. The van der Waals surface area contributed by atoms with E-state index in [1.807, 2.05) is 66.7 Å². The zero-order chi connectivity index (χ0) is 34.7. The van der Waals surface area contributed by atoms with Crippen LogP contribution in [0.1, 0.15) is 41.0 Å². The van der Waals surface area contributed by atoms with Crippen LogP contribution >= 0.6 is 15.9 Å². The Labute approximate surface area is 298 Å². The fourth-order valence-electron chi connectivity index (χ4n) is 9.16. The minimum Gasteiger partial charge on any atom is -0.508 e. The number of amides is 2. The predicted octanol–water partition coefficient (Wildman–Crippen LogP) is 6.93. The first-order valence-electron chi connectivity index (χ1n) is 16.9. The van der Waals surface area contributed by atoms with Gasteiger partial charge >= 0.3 is 0 Å². The van der Waals surface area contributed by atoms with Gasteiger partial charge in [0.2, 0.25) is 11.8 Å². The van der Waals surface area contributed by atoms with Crippen LogP contribution in [0.25, 0.3) is 5.57 Å². The molecule has 4 aromatic rings. The van der Waals surface area contributed by atoms with E-state index >= 15 is 4.79 Å². The number of halogens is 1. The average Bonchev–Trinajstić information content (AvgIpc) is 3.38. The monoisotopic (exact) mass is 727 g/mol. The Balaban J connectivity index is 1.29. The Hall–Kier alpha value is -5.08. The van der Waals surface area contributed by atoms with Crippen LogP contribution in [0.5, 0.6) is 11.5 Å². The number of benzene rings is 4. The standard InChI is InChI=1S/C42H34BrNO6/c43-27-13-18-35(46)33(21-27)38-29-16-17-30-37(41(50)44(40(30)49)20-19-24-11-14-28(45)15-12-24)32(29)22-34-39(48)31(25-7-3-1-4-8-25)23-36(47)42(34,38)26-9-5-2-6-10-26/h1-16,18,21,23,30,32,34,37-38,45-46H,17,19-20,22H2/t30-,32+,34-,37-,38+,42-/m0/s1. The lowest BCUT2D eigenvalue weighted by Gasteiger charge is -2.55. The molecule has 50 heavy (non-hydrogen) atoms. The number of ketones is 2. The maximum atomic E-state index is 15.1. The maximum absolute atomic E-state index is 15.1. The van der Waals surface area contributed by atoms with Crippen LogP contribution in [-0.4, -0.2) is 45.0 Å². The van der Waals surface area contributed by atoms with Gasteiger partial charge in [-0.3, -0.25) is 24.1 Å². The summed E-state index contributed by atoms with van der Waals surface area (Å²) in [4.78, 5) is 59.7. The smallest absolute Gasteiger partial charge is 0.233 e. The fraction of sp³-hybridized carbons (Fsp3) is 0.238. The normalized spacial score (nSPS) is 27.3. The van der Waals surface area contributed by atoms with Crippen molar-refractivity contribution in [3.05, 3.63) is 148 Å². The van der Waals surface area contributed by atoms with Crippen LogP contribution in [0, 0.1) is 23.7 Å². The Morgan fingerprint density at radius 2 is 1.50 bits per heavy atom. The Kier molecular flexibility index (Phi) is 7.94. The van der Waals surface area contributed by atoms with Gasteiger partial charge in [-0.05, 0) is 78.3 Å². The fourth-order valence-corrected chi connectivity index (χ4v) is 9.54. The molecule has 4 aromatic carbocycles. The number of imide groups is 1. The third-order valence-electron chi connectivity index (χ3n) is 11.3. The summed E-state index contributed by atoms with van der Waals surface area (Å²) in [6, 6.07) is 30.3. The van der Waals surface area contributed by atoms with Crippen LogP contribution in [0.2, 0.25) is 0 Å². The molecule has 8 rings (SSSR count). The first-order chi connectivity index (χ1) is 24.2. The highest BCUT2D eigenvalue weighted by Gasteiger charge is 2.66. The molecule has 0 radical (unpaired) electrons. The molecular weight excluding hydrogens is 694 g/mol. The molecule has 1 saturated heterocycles. The molecular formula is C42H34BrNO6. The quantitative estimate of drug-likeness (QED) is 0.165. The molecule has 2 amide bonds. The van der Waals surface area contributed by atoms with Crippen LogP contribution in [-0.2, 0) is 31.0 Å². The molecule has 1 aliphatic heterocycles. The van der Waals surface area contributed by atoms with Gasteiger partial charge in [0, 0.05) is 34.0 Å². The number of aromatic hydroxyl groups is 2. The maximum Gasteiger partial charge on any atom is 0.233 e. The van der Waals surface area contributed by atoms with Crippen LogP contribution in [0.15, 0.2) is 125 Å². The topological polar surface area (TPSA) is 112 Å². The van der Waals surface area contributed by atoms with Gasteiger partial charge in [0.25, 0.3) is 0 Å². The highest BCUT2D eigenvalue weighted by Crippen LogP contribution is 2.64. The second-order valence-electron chi connectivity index (χ2n) is 13.7. The lowest BCUT2D eigenvalue weighted by molar-refractivity contribution is -0.140. The summed E-state index contributed by atoms with van der Waals surface area (Å²) < 4.78 is 0.698. The summed E-state index contributed by atoms with van der Waals surface area (Å²) in [6.07, 6.45) is 4.43. The van der Waals surface area contributed by atoms with Gasteiger partial charge in [-0.15, -0.1) is 0 Å². The van der Waals surface area contributed by atoms with Crippen molar-refractivity contribution in [3.63, 3.8) is 0 Å². The molecule has 7 nitrogen and oxygen atoms in total. The zero-order valence-electron chi connectivity index (χ0n) is 27.0. The Bertz CT molecular complexity index is 2110. The number of hydrogen-bond donors (Lipinski definition) is 2. The summed E-state index contributed by atoms with van der Waals surface area (Å²) >= 11 is 3.58. The van der Waals surface area contributed by atoms with E-state index < -0.39 is 35.0 Å². The van der Waals surface area contributed by atoms with Crippen molar-refractivity contribution in [1.82, 2.24) is 4.90 Å². The summed E-state index contributed by atoms with van der Waals surface area (Å²) in [5, 5.41) is 21.2. The SMILES string of the molecule is O=C1C(c2ccccc2)=CC(=O)[C@@]2(c3ccccc3)[C@@H](c3cc(Br)ccc3O)C3=CC[C@@H]4C(=O)N(CCc5ccc(O)cc5)C(=O)[C@@H]4[C@@H]3C[C@@H]12. The van der Waals surface area contributed by atoms with Gasteiger partial charge in [0.15, 0.2) is 11.6 Å². The summed E-state index contributed by atoms with van der Waals surface area (Å²) in [6.45, 7) is 0.197. The van der Waals surface area contributed by atoms with E-state index in [2.05, 4.69) is 15.9 Å². The van der Waals surface area contributed by atoms with Crippen molar-refractivity contribution >= 4 is 44.9 Å². The molecule has 6 atom stereocenters. The Morgan fingerprint density at radius 1 is 0.800 bits per heavy atom. The number of likely N-dealkylation sites (tertiary alicyclic amines) is 1. The second-order valence-corrected chi connectivity index (χ2v) is 14.7. The molecule has 4 aliphatic rings. The number of carbonyl (C=O) groups is 4. The van der Waals surface area contributed by atoms with Gasteiger partial charge in [-0.2, -0.15) is 0 Å². The van der Waals surface area contributed by atoms with Crippen molar-refractivity contribution < 1.29 is 29.4 Å². The highest BCUT2D eigenvalue weighted by atomic mass is 79.9. The molecule has 1 heterocycles. The summed E-state index contributed by atoms with van der Waals surface area (Å²) in [5.41, 5.74) is 2.41. The van der Waals surface area contributed by atoms with Crippen LogP contribution in [0.4, 0.5) is 0 Å². The minimum absolute atomic E-state index is 0.0154. The number of phenols is 2. The highest BCUT2D eigenvalue weighted by molar-refractivity contribution is 9.10. The molecule has 1 saturated carbocycles. The minimum atomic E-state index is -1.41. The number of fused-ring (bicyclic) bond motifs is 4. The predicted molar refractivity (Wildman–Crippen MR) is 191 cm³/mol. The van der Waals surface area contributed by atoms with Gasteiger partial charge in [0.1, 0.15) is 11.5 Å². The van der Waals surface area contributed by atoms with Crippen molar-refractivity contribution in [2.45, 2.75) is 30.6 Å². The van der Waals surface area contributed by atoms with Crippen LogP contribution < -0.4 is 0 Å². The molecule has 0 spiro atoms. The zero-order valence-corrected chi connectivity index (χ0v) is 28.6. The number of hydrogen-bond acceptors (Lipinski definition) is 6. The van der Waals surface area contributed by atoms with Gasteiger partial charge in [-0.25, -0.2) is 0 Å². The van der Waals surface area contributed by atoms with E-state index in [0.717, 1.165) is 11.1 Å².